The van der Waals surface area contributed by atoms with Crippen molar-refractivity contribution in [1.29, 1.82) is 0 Å². The first-order valence-electron chi connectivity index (χ1n) is 7.67. The number of nitrogens with one attached hydrogen (secondary N) is 1. The minimum atomic E-state index is -0.516. The number of nitro groups is 1. The first-order valence-corrected chi connectivity index (χ1v) is 7.67. The van der Waals surface area contributed by atoms with Gasteiger partial charge in [-0.05, 0) is 26.0 Å². The number of benzene rings is 1. The van der Waals surface area contributed by atoms with Gasteiger partial charge in [0.2, 0.25) is 0 Å². The summed E-state index contributed by atoms with van der Waals surface area (Å²) in [5, 5.41) is 18.6. The van der Waals surface area contributed by atoms with Gasteiger partial charge in [-0.1, -0.05) is 0 Å². The average molecular weight is 367 g/mol. The van der Waals surface area contributed by atoms with Crippen LogP contribution in [0.4, 0.5) is 5.69 Å². The molecule has 1 aliphatic rings. The maximum Gasteiger partial charge on any atom is 0.295 e. The summed E-state index contributed by atoms with van der Waals surface area (Å²) in [6.07, 6.45) is 2.68. The van der Waals surface area contributed by atoms with E-state index in [1.807, 2.05) is 13.8 Å². The molecule has 1 saturated heterocycles. The van der Waals surface area contributed by atoms with Crippen LogP contribution in [-0.2, 0) is 0 Å². The Labute approximate surface area is 150 Å². The van der Waals surface area contributed by atoms with Crippen molar-refractivity contribution in [1.82, 2.24) is 25.0 Å². The Kier molecular flexibility index (Phi) is 5.70. The molecule has 0 saturated carbocycles. The molecule has 1 fully saturated rings. The summed E-state index contributed by atoms with van der Waals surface area (Å²) in [6.45, 7) is 5.26. The Morgan fingerprint density at radius 1 is 1.40 bits per heavy atom. The van der Waals surface area contributed by atoms with Crippen LogP contribution in [0, 0.1) is 10.1 Å². The van der Waals surface area contributed by atoms with Crippen molar-refractivity contribution < 1.29 is 9.72 Å². The molecule has 25 heavy (non-hydrogen) atoms. The molecule has 1 aromatic heterocycles. The smallest absolute Gasteiger partial charge is 0.295 e. The molecule has 1 aliphatic heterocycles. The molecule has 134 valence electrons. The number of carbonyl (C=O) groups excluding carboxylic acids is 1. The lowest BCUT2D eigenvalue weighted by Crippen LogP contribution is -2.57. The lowest BCUT2D eigenvalue weighted by molar-refractivity contribution is -0.384. The molecule has 3 rings (SSSR count). The number of aromatic nitrogens is 3. The van der Waals surface area contributed by atoms with Crippen LogP contribution in [0.15, 0.2) is 30.9 Å². The molecule has 0 bridgehead atoms. The van der Waals surface area contributed by atoms with E-state index in [9.17, 15) is 14.9 Å². The largest absolute Gasteiger partial charge is 0.333 e. The molecule has 0 aliphatic carbocycles. The topological polar surface area (TPSA) is 106 Å². The van der Waals surface area contributed by atoms with Crippen LogP contribution in [0.1, 0.15) is 24.2 Å². The van der Waals surface area contributed by atoms with E-state index in [0.29, 0.717) is 18.7 Å². The summed E-state index contributed by atoms with van der Waals surface area (Å²) in [5.74, 6) is -0.205. The van der Waals surface area contributed by atoms with Crippen molar-refractivity contribution in [3.63, 3.8) is 0 Å². The molecule has 0 radical (unpaired) electrons. The van der Waals surface area contributed by atoms with E-state index in [1.54, 1.807) is 11.0 Å². The van der Waals surface area contributed by atoms with Gasteiger partial charge in [0.1, 0.15) is 18.3 Å². The predicted molar refractivity (Wildman–Crippen MR) is 93.2 cm³/mol. The number of rotatable bonds is 3. The third kappa shape index (κ3) is 3.62. The van der Waals surface area contributed by atoms with E-state index in [1.165, 1.54) is 29.5 Å². The molecule has 10 heteroatoms. The maximum absolute atomic E-state index is 12.8. The molecule has 1 aromatic carbocycles. The summed E-state index contributed by atoms with van der Waals surface area (Å²) in [5.41, 5.74) is 0.393. The maximum atomic E-state index is 12.8. The predicted octanol–water partition coefficient (Wildman–Crippen LogP) is 1.42. The van der Waals surface area contributed by atoms with Crippen molar-refractivity contribution in [2.24, 2.45) is 0 Å². The van der Waals surface area contributed by atoms with Gasteiger partial charge in [-0.2, -0.15) is 5.10 Å². The fourth-order valence-electron chi connectivity index (χ4n) is 2.84. The van der Waals surface area contributed by atoms with E-state index >= 15 is 0 Å². The first kappa shape index (κ1) is 18.8. The van der Waals surface area contributed by atoms with Gasteiger partial charge in [0.25, 0.3) is 11.6 Å². The number of nitro benzene ring substituents is 1. The van der Waals surface area contributed by atoms with Crippen LogP contribution in [0.2, 0.25) is 0 Å². The first-order chi connectivity index (χ1) is 11.5. The van der Waals surface area contributed by atoms with Crippen molar-refractivity contribution in [3.8, 4) is 5.69 Å². The zero-order valence-electron chi connectivity index (χ0n) is 13.8. The fourth-order valence-corrected chi connectivity index (χ4v) is 2.84. The summed E-state index contributed by atoms with van der Waals surface area (Å²) < 4.78 is 1.31. The summed E-state index contributed by atoms with van der Waals surface area (Å²) >= 11 is 0. The Morgan fingerprint density at radius 3 is 2.80 bits per heavy atom. The van der Waals surface area contributed by atoms with E-state index in [0.717, 1.165) is 0 Å². The van der Waals surface area contributed by atoms with Gasteiger partial charge in [0, 0.05) is 36.8 Å². The van der Waals surface area contributed by atoms with Crippen LogP contribution in [0.3, 0.4) is 0 Å². The van der Waals surface area contributed by atoms with Crippen molar-refractivity contribution in [2.45, 2.75) is 25.9 Å². The lowest BCUT2D eigenvalue weighted by Gasteiger charge is -2.38. The zero-order valence-corrected chi connectivity index (χ0v) is 14.6. The highest BCUT2D eigenvalue weighted by molar-refractivity contribution is 5.95. The average Bonchev–Trinajstić information content (AvgIpc) is 3.10. The van der Waals surface area contributed by atoms with Crippen LogP contribution in [0.5, 0.6) is 0 Å². The summed E-state index contributed by atoms with van der Waals surface area (Å²) in [7, 11) is 0. The van der Waals surface area contributed by atoms with E-state index in [2.05, 4.69) is 15.4 Å². The summed E-state index contributed by atoms with van der Waals surface area (Å²) in [6, 6.07) is 4.60. The number of hydrogen-bond acceptors (Lipinski definition) is 6. The fraction of sp³-hybridized carbons (Fsp3) is 0.400. The number of piperazine rings is 1. The van der Waals surface area contributed by atoms with Crippen LogP contribution < -0.4 is 5.32 Å². The van der Waals surface area contributed by atoms with Crippen molar-refractivity contribution in [3.05, 3.63) is 46.5 Å². The van der Waals surface area contributed by atoms with E-state index < -0.39 is 4.92 Å². The van der Waals surface area contributed by atoms with Crippen LogP contribution in [0.25, 0.3) is 5.69 Å². The van der Waals surface area contributed by atoms with Crippen molar-refractivity contribution >= 4 is 24.0 Å². The molecule has 2 aromatic rings. The molecule has 1 N–H and O–H groups in total. The van der Waals surface area contributed by atoms with E-state index in [-0.39, 0.29) is 41.8 Å². The Morgan fingerprint density at radius 2 is 2.16 bits per heavy atom. The Hall–Kier alpha value is -2.52. The number of nitrogens with zero attached hydrogens (tertiary/aromatic N) is 5. The summed E-state index contributed by atoms with van der Waals surface area (Å²) in [4.78, 5) is 29.2. The molecule has 2 unspecified atom stereocenters. The number of amides is 1. The highest BCUT2D eigenvalue weighted by Gasteiger charge is 2.30. The number of carbonyl (C=O) groups is 1. The van der Waals surface area contributed by atoms with E-state index in [4.69, 9.17) is 0 Å². The van der Waals surface area contributed by atoms with Gasteiger partial charge >= 0.3 is 0 Å². The second-order valence-electron chi connectivity index (χ2n) is 5.78. The molecule has 0 spiro atoms. The van der Waals surface area contributed by atoms with Gasteiger partial charge < -0.3 is 10.2 Å². The highest BCUT2D eigenvalue weighted by atomic mass is 35.5. The third-order valence-electron chi connectivity index (χ3n) is 4.38. The normalized spacial score (nSPS) is 20.0. The molecule has 1 amide bonds. The van der Waals surface area contributed by atoms with Gasteiger partial charge in [-0.25, -0.2) is 9.67 Å². The lowest BCUT2D eigenvalue weighted by atomic mass is 10.0. The molecule has 9 nitrogen and oxygen atoms in total. The molecular weight excluding hydrogens is 348 g/mol. The molecule has 2 atom stereocenters. The monoisotopic (exact) mass is 366 g/mol. The van der Waals surface area contributed by atoms with Gasteiger partial charge in [-0.3, -0.25) is 14.9 Å². The van der Waals surface area contributed by atoms with Crippen LogP contribution >= 0.6 is 12.4 Å². The Bertz CT molecular complexity index is 767. The second-order valence-corrected chi connectivity index (χ2v) is 5.78. The SMILES string of the molecule is CC1NCCN(C(=O)c2ccc(-n3cncn3)c([N+](=O)[O-])c2)C1C.Cl. The Balaban J connectivity index is 0.00000225. The highest BCUT2D eigenvalue weighted by Crippen LogP contribution is 2.25. The standard InChI is InChI=1S/C15H18N6O3.ClH/c1-10-11(2)19(6-5-17-10)15(22)12-3-4-13(14(7-12)21(23)24)20-9-16-8-18-20;/h3-4,7-11,17H,5-6H2,1-2H3;1H. The van der Waals surface area contributed by atoms with Crippen LogP contribution in [-0.4, -0.2) is 55.7 Å². The minimum absolute atomic E-state index is 0. The quantitative estimate of drug-likeness (QED) is 0.650. The molecular formula is C15H19ClN6O3. The zero-order chi connectivity index (χ0) is 17.3. The third-order valence-corrected chi connectivity index (χ3v) is 4.38. The second kappa shape index (κ2) is 7.58. The minimum Gasteiger partial charge on any atom is -0.333 e. The number of hydrogen-bond donors (Lipinski definition) is 1. The van der Waals surface area contributed by atoms with Gasteiger partial charge in [0.05, 0.1) is 4.92 Å². The van der Waals surface area contributed by atoms with Crippen molar-refractivity contribution in [2.75, 3.05) is 13.1 Å². The van der Waals surface area contributed by atoms with Gasteiger partial charge in [0.15, 0.2) is 0 Å². The van der Waals surface area contributed by atoms with Gasteiger partial charge in [-0.15, -0.1) is 12.4 Å². The number of halogens is 1. The molecule has 2 heterocycles.